The van der Waals surface area contributed by atoms with E-state index in [1.165, 1.54) is 12.1 Å². The summed E-state index contributed by atoms with van der Waals surface area (Å²) in [6, 6.07) is 18.1. The molecule has 4 aromatic carbocycles. The van der Waals surface area contributed by atoms with Crippen molar-refractivity contribution < 1.29 is 74.8 Å². The van der Waals surface area contributed by atoms with Crippen LogP contribution < -0.4 is 30.7 Å². The molecule has 20 nitrogen and oxygen atoms in total. The van der Waals surface area contributed by atoms with Crippen LogP contribution in [-0.4, -0.2) is 183 Å². The predicted octanol–water partition coefficient (Wildman–Crippen LogP) is 5.17. The monoisotopic (exact) mass is 1170 g/mol. The van der Waals surface area contributed by atoms with Crippen LogP contribution in [0.4, 0.5) is 27.2 Å². The molecular formula is C60H74F4N8O12. The van der Waals surface area contributed by atoms with Crippen LogP contribution in [0.5, 0.6) is 11.5 Å². The molecule has 6 amide bonds. The van der Waals surface area contributed by atoms with Crippen molar-refractivity contribution in [2.75, 3.05) is 66.7 Å². The number of fused-ring (bicyclic) bond motifs is 2. The highest BCUT2D eigenvalue weighted by atomic mass is 19.2. The molecule has 4 aromatic rings. The maximum atomic E-state index is 15.0. The van der Waals surface area contributed by atoms with Crippen LogP contribution in [-0.2, 0) is 51.3 Å². The van der Waals surface area contributed by atoms with Crippen molar-refractivity contribution in [2.45, 2.75) is 114 Å². The summed E-state index contributed by atoms with van der Waals surface area (Å²) in [5, 5.41) is 11.5. The van der Waals surface area contributed by atoms with Gasteiger partial charge in [0.15, 0.2) is 23.3 Å². The van der Waals surface area contributed by atoms with E-state index < -0.39 is 131 Å². The Morgan fingerprint density at radius 1 is 0.524 bits per heavy atom. The van der Waals surface area contributed by atoms with Crippen molar-refractivity contribution in [3.05, 3.63) is 131 Å². The number of halogens is 4. The molecule has 84 heavy (non-hydrogen) atoms. The van der Waals surface area contributed by atoms with Crippen molar-refractivity contribution >= 4 is 35.8 Å². The highest BCUT2D eigenvalue weighted by Crippen LogP contribution is 2.39. The fraction of sp³-hybridized carbons (Fsp3) is 0.500. The van der Waals surface area contributed by atoms with Gasteiger partial charge in [-0.25, -0.2) is 27.2 Å². The first-order valence-corrected chi connectivity index (χ1v) is 28.3. The molecular weight excluding hydrogens is 1100 g/mol. The molecule has 454 valence electrons. The SMILES string of the molecule is CN[C@@H](C)C(=O)N[C@H](C(=O)N1CC[C@@H]2[C@H]1[C@@H](COc1ccc(F)c(F)c1)CN2C(=O)OCc1ccccc1)[C@@H](C)OCCO[C@H](C)[C@H](NC(=O)[C@H](C)NC)C(=O)N1CC[C@@H]2[C@H]1[C@@H](COc1ccc(F)c(F)c1)CN2C(=O)OCc1ccccc1. The van der Waals surface area contributed by atoms with E-state index in [1.54, 1.807) is 61.4 Å². The summed E-state index contributed by atoms with van der Waals surface area (Å²) in [6.45, 7) is 6.48. The summed E-state index contributed by atoms with van der Waals surface area (Å²) >= 11 is 0. The van der Waals surface area contributed by atoms with E-state index in [4.69, 9.17) is 28.4 Å². The molecule has 4 N–H and O–H groups in total. The Balaban J connectivity index is 0.962. The lowest BCUT2D eigenvalue weighted by atomic mass is 9.99. The van der Waals surface area contributed by atoms with Crippen molar-refractivity contribution in [1.82, 2.24) is 40.9 Å². The predicted molar refractivity (Wildman–Crippen MR) is 297 cm³/mol. The molecule has 4 fully saturated rings. The van der Waals surface area contributed by atoms with Gasteiger partial charge in [0, 0.05) is 50.1 Å². The first-order valence-electron chi connectivity index (χ1n) is 28.3. The van der Waals surface area contributed by atoms with Gasteiger partial charge in [-0.05, 0) is 90.0 Å². The Hall–Kier alpha value is -7.54. The van der Waals surface area contributed by atoms with Gasteiger partial charge in [0.25, 0.3) is 0 Å². The summed E-state index contributed by atoms with van der Waals surface area (Å²) in [5.74, 6) is -7.37. The molecule has 0 unspecified atom stereocenters. The number of nitrogens with one attached hydrogen (secondary N) is 4. The molecule has 0 saturated carbocycles. The van der Waals surface area contributed by atoms with Gasteiger partial charge >= 0.3 is 12.2 Å². The zero-order chi connectivity index (χ0) is 60.2. The van der Waals surface area contributed by atoms with Crippen LogP contribution in [0.25, 0.3) is 0 Å². The number of carbonyl (C=O) groups is 6. The van der Waals surface area contributed by atoms with E-state index in [9.17, 15) is 36.7 Å². The lowest BCUT2D eigenvalue weighted by molar-refractivity contribution is -0.145. The van der Waals surface area contributed by atoms with Crippen LogP contribution in [0.3, 0.4) is 0 Å². The van der Waals surface area contributed by atoms with E-state index in [1.807, 2.05) is 60.7 Å². The summed E-state index contributed by atoms with van der Waals surface area (Å²) in [5.41, 5.74) is 1.54. The quantitative estimate of drug-likeness (QED) is 0.0498. The smallest absolute Gasteiger partial charge is 0.410 e. The number of likely N-dealkylation sites (N-methyl/N-ethyl adjacent to an activating group) is 2. The number of hydrogen-bond donors (Lipinski definition) is 4. The summed E-state index contributed by atoms with van der Waals surface area (Å²) in [7, 11) is 3.18. The van der Waals surface area contributed by atoms with Crippen molar-refractivity contribution in [3.8, 4) is 11.5 Å². The Morgan fingerprint density at radius 3 is 1.26 bits per heavy atom. The number of nitrogens with zero attached hydrogens (tertiary/aromatic N) is 4. The number of amides is 6. The number of carbonyl (C=O) groups excluding carboxylic acids is 6. The third-order valence-corrected chi connectivity index (χ3v) is 16.2. The molecule has 0 spiro atoms. The number of rotatable bonds is 25. The lowest BCUT2D eigenvalue weighted by Crippen LogP contribution is -2.59. The zero-order valence-electron chi connectivity index (χ0n) is 47.9. The molecule has 8 rings (SSSR count). The average molecular weight is 1180 g/mol. The topological polar surface area (TPSA) is 219 Å². The number of likely N-dealkylation sites (tertiary alicyclic amines) is 4. The molecule has 12 atom stereocenters. The van der Waals surface area contributed by atoms with Gasteiger partial charge in [-0.15, -0.1) is 0 Å². The minimum Gasteiger partial charge on any atom is -0.493 e. The highest BCUT2D eigenvalue weighted by molar-refractivity contribution is 5.91. The van der Waals surface area contributed by atoms with Gasteiger partial charge < -0.3 is 69.3 Å². The van der Waals surface area contributed by atoms with Crippen molar-refractivity contribution in [3.63, 3.8) is 0 Å². The van der Waals surface area contributed by atoms with E-state index >= 15 is 9.59 Å². The molecule has 0 radical (unpaired) electrons. The zero-order valence-corrected chi connectivity index (χ0v) is 47.9. The Morgan fingerprint density at radius 2 is 0.905 bits per heavy atom. The largest absolute Gasteiger partial charge is 0.493 e. The van der Waals surface area contributed by atoms with Crippen LogP contribution in [0.15, 0.2) is 97.1 Å². The van der Waals surface area contributed by atoms with Gasteiger partial charge in [0.2, 0.25) is 23.6 Å². The van der Waals surface area contributed by atoms with Crippen molar-refractivity contribution in [2.24, 2.45) is 11.8 Å². The third kappa shape index (κ3) is 15.0. The molecule has 4 aliphatic rings. The summed E-state index contributed by atoms with van der Waals surface area (Å²) in [6.07, 6.45) is -2.53. The Bertz CT molecular complexity index is 2730. The maximum absolute atomic E-state index is 15.0. The Kier molecular flexibility index (Phi) is 21.5. The first kappa shape index (κ1) is 62.5. The van der Waals surface area contributed by atoms with Crippen molar-refractivity contribution in [1.29, 1.82) is 0 Å². The van der Waals surface area contributed by atoms with Gasteiger partial charge in [0.05, 0.1) is 74.9 Å². The normalized spacial score (nSPS) is 22.0. The molecule has 24 heteroatoms. The fourth-order valence-electron chi connectivity index (χ4n) is 11.4. The maximum Gasteiger partial charge on any atom is 0.410 e. The highest BCUT2D eigenvalue weighted by Gasteiger charge is 2.55. The molecule has 0 aromatic heterocycles. The summed E-state index contributed by atoms with van der Waals surface area (Å²) in [4.78, 5) is 91.1. The second-order valence-corrected chi connectivity index (χ2v) is 21.6. The van der Waals surface area contributed by atoms with Crippen LogP contribution >= 0.6 is 0 Å². The molecule has 4 aliphatic heterocycles. The van der Waals surface area contributed by atoms with Gasteiger partial charge in [-0.1, -0.05) is 60.7 Å². The van der Waals surface area contributed by atoms with Gasteiger partial charge in [-0.3, -0.25) is 19.2 Å². The fourth-order valence-corrected chi connectivity index (χ4v) is 11.4. The lowest BCUT2D eigenvalue weighted by Gasteiger charge is -2.35. The Labute approximate surface area is 485 Å². The van der Waals surface area contributed by atoms with Crippen LogP contribution in [0.2, 0.25) is 0 Å². The third-order valence-electron chi connectivity index (χ3n) is 16.2. The second kappa shape index (κ2) is 28.8. The van der Waals surface area contributed by atoms with E-state index in [-0.39, 0.29) is 77.3 Å². The van der Waals surface area contributed by atoms with E-state index in [2.05, 4.69) is 21.3 Å². The minimum atomic E-state index is -1.28. The summed E-state index contributed by atoms with van der Waals surface area (Å²) < 4.78 is 92.3. The number of hydrogen-bond acceptors (Lipinski definition) is 14. The van der Waals surface area contributed by atoms with Crippen LogP contribution in [0, 0.1) is 35.1 Å². The number of ether oxygens (including phenoxy) is 6. The average Bonchev–Trinajstić information content (AvgIpc) is 2.69. The van der Waals surface area contributed by atoms with E-state index in [0.717, 1.165) is 35.4 Å². The molecule has 4 saturated heterocycles. The molecule has 4 heterocycles. The van der Waals surface area contributed by atoms with Gasteiger partial charge in [0.1, 0.15) is 36.8 Å². The minimum absolute atomic E-state index is 0.00157. The molecule has 0 aliphatic carbocycles. The second-order valence-electron chi connectivity index (χ2n) is 21.6. The standard InChI is InChI=1S/C60H74F4N8O12/c1-35(65-5)55(73)67-51(57(75)69-23-21-49-53(69)41(33-81-43-17-19-45(61)47(63)27-43)29-71(49)59(77)83-31-39-13-9-7-10-14-39)37(3)79-25-26-80-38(4)52(68-56(74)36(2)66-6)58(76)70-24-22-50-54(70)42(34-82-44-18-20-46(62)48(64)28-44)30-72(50)60(78)84-32-40-15-11-8-12-16-40/h7-20,27-28,35-38,41-42,49-54,65-66H,21-26,29-34H2,1-6H3,(H,67,73)(H,68,74)/t35-,36-,37+,38+,41+,42+,49+,50+,51-,52-,53+,54+/m0/s1. The van der Waals surface area contributed by atoms with E-state index in [0.29, 0.717) is 12.8 Å². The number of benzene rings is 4. The first-order chi connectivity index (χ1) is 40.4. The molecule has 0 bridgehead atoms. The van der Waals surface area contributed by atoms with Crippen LogP contribution in [0.1, 0.15) is 51.7 Å². The van der Waals surface area contributed by atoms with Gasteiger partial charge in [-0.2, -0.15) is 0 Å².